The summed E-state index contributed by atoms with van der Waals surface area (Å²) in [5.74, 6) is 0.909. The van der Waals surface area contributed by atoms with E-state index in [0.717, 1.165) is 24.8 Å². The first-order chi connectivity index (χ1) is 17.9. The van der Waals surface area contributed by atoms with Gasteiger partial charge in [0.1, 0.15) is 11.7 Å². The van der Waals surface area contributed by atoms with Crippen LogP contribution in [0.25, 0.3) is 5.57 Å². The average molecular weight is 508 g/mol. The van der Waals surface area contributed by atoms with E-state index in [4.69, 9.17) is 14.2 Å². The Bertz CT molecular complexity index is 1230. The summed E-state index contributed by atoms with van der Waals surface area (Å²) in [4.78, 5) is 34.7. The number of benzene rings is 1. The van der Waals surface area contributed by atoms with Crippen molar-refractivity contribution in [3.05, 3.63) is 53.2 Å². The summed E-state index contributed by atoms with van der Waals surface area (Å²) in [6, 6.07) is 6.62. The zero-order chi connectivity index (χ0) is 26.1. The number of hydrogen-bond acceptors (Lipinski definition) is 7. The van der Waals surface area contributed by atoms with Crippen molar-refractivity contribution in [2.75, 3.05) is 33.5 Å². The number of aliphatic hydroxyl groups excluding tert-OH is 1. The number of carbonyl (C=O) groups is 2. The Morgan fingerprint density at radius 3 is 2.84 bits per heavy atom. The largest absolute Gasteiger partial charge is 0.472 e. The van der Waals surface area contributed by atoms with Crippen molar-refractivity contribution in [2.45, 2.75) is 45.3 Å². The SMILES string of the molecule is C[C@H]1CN([C@@H](C)CO)C(=O)c2cc(C3=CCCC3)cnc2O[C@@H]1CN(C)C(=O)c1ccc2c(c1)OCO2. The molecule has 0 fully saturated rings. The topological polar surface area (TPSA) is 101 Å². The molecular formula is C28H33N3O6. The molecule has 5 rings (SSSR count). The number of hydrogen-bond donors (Lipinski definition) is 1. The molecule has 1 aliphatic carbocycles. The van der Waals surface area contributed by atoms with Crippen molar-refractivity contribution >= 4 is 17.4 Å². The zero-order valence-electron chi connectivity index (χ0n) is 21.5. The molecule has 1 aromatic heterocycles. The summed E-state index contributed by atoms with van der Waals surface area (Å²) < 4.78 is 17.1. The van der Waals surface area contributed by atoms with E-state index >= 15 is 0 Å². The molecule has 9 nitrogen and oxygen atoms in total. The molecule has 9 heteroatoms. The van der Waals surface area contributed by atoms with Gasteiger partial charge >= 0.3 is 0 Å². The van der Waals surface area contributed by atoms with Gasteiger partial charge in [-0.15, -0.1) is 0 Å². The smallest absolute Gasteiger partial charge is 0.259 e. The molecule has 3 aliphatic rings. The first kappa shape index (κ1) is 25.1. The van der Waals surface area contributed by atoms with E-state index in [9.17, 15) is 14.7 Å². The fourth-order valence-electron chi connectivity index (χ4n) is 5.03. The van der Waals surface area contributed by atoms with Crippen LogP contribution in [0.5, 0.6) is 17.4 Å². The average Bonchev–Trinajstić information content (AvgIpc) is 3.61. The van der Waals surface area contributed by atoms with Gasteiger partial charge in [0, 0.05) is 31.3 Å². The third-order valence-corrected chi connectivity index (χ3v) is 7.35. The van der Waals surface area contributed by atoms with Crippen LogP contribution in [0.2, 0.25) is 0 Å². The predicted molar refractivity (Wildman–Crippen MR) is 137 cm³/mol. The summed E-state index contributed by atoms with van der Waals surface area (Å²) in [5, 5.41) is 9.88. The van der Waals surface area contributed by atoms with E-state index in [1.54, 1.807) is 41.2 Å². The van der Waals surface area contributed by atoms with Crippen LogP contribution in [0.1, 0.15) is 59.4 Å². The minimum absolute atomic E-state index is 0.128. The van der Waals surface area contributed by atoms with Gasteiger partial charge in [0.25, 0.3) is 11.8 Å². The van der Waals surface area contributed by atoms with E-state index in [0.29, 0.717) is 29.2 Å². The van der Waals surface area contributed by atoms with Crippen LogP contribution in [0.4, 0.5) is 0 Å². The number of nitrogens with zero attached hydrogens (tertiary/aromatic N) is 3. The maximum absolute atomic E-state index is 13.6. The lowest BCUT2D eigenvalue weighted by molar-refractivity contribution is 0.0313. The Kier molecular flexibility index (Phi) is 7.06. The Morgan fingerprint density at radius 1 is 1.27 bits per heavy atom. The van der Waals surface area contributed by atoms with Gasteiger partial charge in [-0.25, -0.2) is 4.98 Å². The lowest BCUT2D eigenvalue weighted by Gasteiger charge is -2.37. The fraction of sp³-hybridized carbons (Fsp3) is 0.464. The Hall–Kier alpha value is -3.59. The monoisotopic (exact) mass is 507 g/mol. The summed E-state index contributed by atoms with van der Waals surface area (Å²) in [5.41, 5.74) is 2.98. The van der Waals surface area contributed by atoms with E-state index in [1.165, 1.54) is 5.57 Å². The number of ether oxygens (including phenoxy) is 3. The highest BCUT2D eigenvalue weighted by Crippen LogP contribution is 2.34. The number of aliphatic hydroxyl groups is 1. The summed E-state index contributed by atoms with van der Waals surface area (Å²) in [6.45, 7) is 4.47. The van der Waals surface area contributed by atoms with Gasteiger partial charge in [-0.1, -0.05) is 13.0 Å². The lowest BCUT2D eigenvalue weighted by atomic mass is 9.99. The van der Waals surface area contributed by atoms with Crippen LogP contribution in [0, 0.1) is 5.92 Å². The van der Waals surface area contributed by atoms with Crippen LogP contribution in [-0.4, -0.2) is 77.4 Å². The van der Waals surface area contributed by atoms with Gasteiger partial charge in [0.15, 0.2) is 11.5 Å². The number of allylic oxidation sites excluding steroid dienone is 2. The molecule has 0 radical (unpaired) electrons. The normalized spacial score (nSPS) is 21.5. The first-order valence-electron chi connectivity index (χ1n) is 12.8. The Labute approximate surface area is 216 Å². The quantitative estimate of drug-likeness (QED) is 0.640. The van der Waals surface area contributed by atoms with Crippen molar-refractivity contribution in [2.24, 2.45) is 5.92 Å². The Balaban J connectivity index is 1.42. The zero-order valence-corrected chi connectivity index (χ0v) is 21.5. The number of likely N-dealkylation sites (N-methyl/N-ethyl adjacent to an activating group) is 1. The maximum Gasteiger partial charge on any atom is 0.259 e. The number of rotatable bonds is 6. The molecule has 0 bridgehead atoms. The third kappa shape index (κ3) is 5.00. The molecule has 0 saturated carbocycles. The van der Waals surface area contributed by atoms with Crippen LogP contribution in [-0.2, 0) is 0 Å². The molecule has 0 unspecified atom stereocenters. The molecule has 1 aromatic carbocycles. The van der Waals surface area contributed by atoms with Gasteiger partial charge in [-0.3, -0.25) is 9.59 Å². The number of amides is 2. The van der Waals surface area contributed by atoms with Crippen LogP contribution in [0.3, 0.4) is 0 Å². The maximum atomic E-state index is 13.6. The second-order valence-corrected chi connectivity index (χ2v) is 10.1. The van der Waals surface area contributed by atoms with E-state index in [2.05, 4.69) is 11.1 Å². The van der Waals surface area contributed by atoms with Crippen molar-refractivity contribution in [1.82, 2.24) is 14.8 Å². The summed E-state index contributed by atoms with van der Waals surface area (Å²) >= 11 is 0. The van der Waals surface area contributed by atoms with Crippen LogP contribution in [0.15, 0.2) is 36.5 Å². The lowest BCUT2D eigenvalue weighted by Crippen LogP contribution is -2.50. The van der Waals surface area contributed by atoms with Gasteiger partial charge < -0.3 is 29.1 Å². The standard InChI is InChI=1S/C28H33N3O6/c1-17-13-31(18(2)15-32)28(34)22-10-21(19-6-4-5-7-19)12-29-26(22)37-25(17)14-30(3)27(33)20-8-9-23-24(11-20)36-16-35-23/h6,8-12,17-18,25,32H,4-5,7,13-16H2,1-3H3/t17-,18-,25+/m0/s1. The summed E-state index contributed by atoms with van der Waals surface area (Å²) in [7, 11) is 1.73. The van der Waals surface area contributed by atoms with Crippen LogP contribution < -0.4 is 14.2 Å². The van der Waals surface area contributed by atoms with Gasteiger partial charge in [-0.2, -0.15) is 0 Å². The van der Waals surface area contributed by atoms with Gasteiger partial charge in [0.05, 0.1) is 19.2 Å². The van der Waals surface area contributed by atoms with E-state index in [1.807, 2.05) is 19.9 Å². The third-order valence-electron chi connectivity index (χ3n) is 7.35. The van der Waals surface area contributed by atoms with E-state index < -0.39 is 6.10 Å². The van der Waals surface area contributed by atoms with Gasteiger partial charge in [0.2, 0.25) is 12.7 Å². The predicted octanol–water partition coefficient (Wildman–Crippen LogP) is 3.37. The number of aromatic nitrogens is 1. The first-order valence-corrected chi connectivity index (χ1v) is 12.8. The molecule has 2 aliphatic heterocycles. The van der Waals surface area contributed by atoms with Crippen LogP contribution >= 0.6 is 0 Å². The molecular weight excluding hydrogens is 474 g/mol. The molecule has 2 aromatic rings. The minimum Gasteiger partial charge on any atom is -0.472 e. The molecule has 196 valence electrons. The molecule has 0 saturated heterocycles. The second-order valence-electron chi connectivity index (χ2n) is 10.1. The summed E-state index contributed by atoms with van der Waals surface area (Å²) in [6.07, 6.45) is 6.59. The highest BCUT2D eigenvalue weighted by atomic mass is 16.7. The fourth-order valence-corrected chi connectivity index (χ4v) is 5.03. The second kappa shape index (κ2) is 10.4. The number of carbonyl (C=O) groups excluding carboxylic acids is 2. The number of fused-ring (bicyclic) bond motifs is 2. The highest BCUT2D eigenvalue weighted by Gasteiger charge is 2.35. The molecule has 0 spiro atoms. The van der Waals surface area contributed by atoms with Crippen molar-refractivity contribution in [3.63, 3.8) is 0 Å². The highest BCUT2D eigenvalue weighted by molar-refractivity contribution is 5.98. The molecule has 3 atom stereocenters. The van der Waals surface area contributed by atoms with Crippen molar-refractivity contribution in [3.8, 4) is 17.4 Å². The minimum atomic E-state index is -0.424. The molecule has 1 N–H and O–H groups in total. The van der Waals surface area contributed by atoms with Crippen molar-refractivity contribution in [1.29, 1.82) is 0 Å². The van der Waals surface area contributed by atoms with Crippen molar-refractivity contribution < 1.29 is 28.9 Å². The number of pyridine rings is 1. The molecule has 3 heterocycles. The molecule has 37 heavy (non-hydrogen) atoms. The van der Waals surface area contributed by atoms with Gasteiger partial charge in [-0.05, 0) is 61.6 Å². The van der Waals surface area contributed by atoms with E-state index in [-0.39, 0.29) is 49.6 Å². The Morgan fingerprint density at radius 2 is 2.08 bits per heavy atom. The molecule has 2 amide bonds.